The van der Waals surface area contributed by atoms with Crippen LogP contribution >= 0.6 is 0 Å². The first-order valence-electron chi connectivity index (χ1n) is 9.38. The summed E-state index contributed by atoms with van der Waals surface area (Å²) < 4.78 is 16.7. The number of carbonyl (C=O) groups is 1. The lowest BCUT2D eigenvalue weighted by molar-refractivity contribution is 0.0943. The second-order valence-electron chi connectivity index (χ2n) is 6.87. The number of pyridine rings is 1. The molecule has 3 heterocycles. The number of fused-ring (bicyclic) bond motifs is 1. The Balaban J connectivity index is 1.50. The molecule has 28 heavy (non-hydrogen) atoms. The predicted molar refractivity (Wildman–Crippen MR) is 106 cm³/mol. The van der Waals surface area contributed by atoms with Crippen molar-refractivity contribution in [2.45, 2.75) is 39.4 Å². The lowest BCUT2D eigenvalue weighted by Gasteiger charge is -2.09. The third kappa shape index (κ3) is 3.47. The second kappa shape index (κ2) is 7.42. The standard InChI is InChI=1S/C21H22FN5O/c1-3-18-20(26-10-8-14(2)12-19(26)24-18)21(28)23-13-16-9-11-27(25-16)17-6-4-15(22)5-7-17/h4,6-12,15H,3,5,13H2,1-2H3,(H,23,28). The molecule has 0 aliphatic heterocycles. The third-order valence-corrected chi connectivity index (χ3v) is 4.77. The van der Waals surface area contributed by atoms with Crippen LogP contribution < -0.4 is 5.32 Å². The number of amides is 1. The minimum atomic E-state index is -0.930. The van der Waals surface area contributed by atoms with Crippen LogP contribution in [0.5, 0.6) is 0 Å². The highest BCUT2D eigenvalue weighted by Gasteiger charge is 2.18. The maximum absolute atomic E-state index is 13.2. The summed E-state index contributed by atoms with van der Waals surface area (Å²) in [7, 11) is 0. The van der Waals surface area contributed by atoms with Crippen molar-refractivity contribution in [3.05, 3.63) is 71.5 Å². The van der Waals surface area contributed by atoms with Crippen molar-refractivity contribution in [1.82, 2.24) is 24.5 Å². The van der Waals surface area contributed by atoms with E-state index in [1.807, 2.05) is 54.9 Å². The van der Waals surface area contributed by atoms with E-state index < -0.39 is 6.17 Å². The zero-order valence-electron chi connectivity index (χ0n) is 15.9. The molecule has 1 aliphatic carbocycles. The van der Waals surface area contributed by atoms with E-state index in [-0.39, 0.29) is 5.91 Å². The monoisotopic (exact) mass is 379 g/mol. The van der Waals surface area contributed by atoms with Crippen LogP contribution in [0.3, 0.4) is 0 Å². The minimum Gasteiger partial charge on any atom is -0.345 e. The van der Waals surface area contributed by atoms with Crippen molar-refractivity contribution in [2.24, 2.45) is 0 Å². The smallest absolute Gasteiger partial charge is 0.270 e. The van der Waals surface area contributed by atoms with E-state index in [0.29, 0.717) is 25.1 Å². The summed E-state index contributed by atoms with van der Waals surface area (Å²) >= 11 is 0. The number of halogens is 1. The van der Waals surface area contributed by atoms with Crippen molar-refractivity contribution >= 4 is 17.3 Å². The van der Waals surface area contributed by atoms with Crippen molar-refractivity contribution < 1.29 is 9.18 Å². The van der Waals surface area contributed by atoms with E-state index in [1.165, 1.54) is 6.08 Å². The van der Waals surface area contributed by atoms with Crippen LogP contribution in [0.15, 0.2) is 48.8 Å². The van der Waals surface area contributed by atoms with Crippen molar-refractivity contribution in [3.63, 3.8) is 0 Å². The molecule has 0 fully saturated rings. The van der Waals surface area contributed by atoms with Gasteiger partial charge in [-0.15, -0.1) is 0 Å². The molecule has 1 atom stereocenters. The van der Waals surface area contributed by atoms with Gasteiger partial charge >= 0.3 is 0 Å². The summed E-state index contributed by atoms with van der Waals surface area (Å²) in [5.74, 6) is -0.181. The molecule has 4 rings (SSSR count). The Morgan fingerprint density at radius 1 is 1.36 bits per heavy atom. The maximum Gasteiger partial charge on any atom is 0.270 e. The van der Waals surface area contributed by atoms with Crippen LogP contribution in [0.2, 0.25) is 0 Å². The summed E-state index contributed by atoms with van der Waals surface area (Å²) in [4.78, 5) is 17.4. The van der Waals surface area contributed by atoms with E-state index in [1.54, 1.807) is 10.8 Å². The van der Waals surface area contributed by atoms with Crippen molar-refractivity contribution in [1.29, 1.82) is 0 Å². The number of alkyl halides is 1. The molecule has 1 aliphatic rings. The first-order valence-corrected chi connectivity index (χ1v) is 9.38. The Labute approximate surface area is 162 Å². The number of imidazole rings is 1. The third-order valence-electron chi connectivity index (χ3n) is 4.77. The van der Waals surface area contributed by atoms with Gasteiger partial charge in [0.1, 0.15) is 17.5 Å². The highest BCUT2D eigenvalue weighted by atomic mass is 19.1. The predicted octanol–water partition coefficient (Wildman–Crippen LogP) is 3.47. The van der Waals surface area contributed by atoms with Crippen molar-refractivity contribution in [3.8, 4) is 0 Å². The molecule has 0 aromatic carbocycles. The van der Waals surface area contributed by atoms with Crippen LogP contribution in [0.1, 0.15) is 40.8 Å². The van der Waals surface area contributed by atoms with E-state index in [9.17, 15) is 9.18 Å². The number of allylic oxidation sites excluding steroid dienone is 4. The number of nitrogens with one attached hydrogen (secondary N) is 1. The zero-order chi connectivity index (χ0) is 19.7. The molecule has 1 amide bonds. The fourth-order valence-electron chi connectivity index (χ4n) is 3.29. The number of aromatic nitrogens is 4. The van der Waals surface area contributed by atoms with Crippen molar-refractivity contribution in [2.75, 3.05) is 0 Å². The van der Waals surface area contributed by atoms with Crippen LogP contribution in [0, 0.1) is 6.92 Å². The molecule has 3 aromatic rings. The maximum atomic E-state index is 13.2. The summed E-state index contributed by atoms with van der Waals surface area (Å²) in [5, 5.41) is 7.40. The van der Waals surface area contributed by atoms with Gasteiger partial charge in [-0.05, 0) is 49.3 Å². The molecule has 0 radical (unpaired) electrons. The molecule has 1 N–H and O–H groups in total. The van der Waals surface area contributed by atoms with Gasteiger partial charge < -0.3 is 5.32 Å². The number of hydrogen-bond acceptors (Lipinski definition) is 3. The Hall–Kier alpha value is -3.22. The number of hydrogen-bond donors (Lipinski definition) is 1. The topological polar surface area (TPSA) is 64.2 Å². The lowest BCUT2D eigenvalue weighted by atomic mass is 10.1. The first kappa shape index (κ1) is 18.2. The van der Waals surface area contributed by atoms with E-state index in [4.69, 9.17) is 0 Å². The van der Waals surface area contributed by atoms with Crippen LogP contribution in [-0.2, 0) is 13.0 Å². The molecule has 0 bridgehead atoms. The van der Waals surface area contributed by atoms with Gasteiger partial charge in [0.2, 0.25) is 0 Å². The van der Waals surface area contributed by atoms with Gasteiger partial charge in [0, 0.05) is 18.8 Å². The number of rotatable bonds is 5. The van der Waals surface area contributed by atoms with E-state index in [0.717, 1.165) is 28.3 Å². The quantitative estimate of drug-likeness (QED) is 0.738. The van der Waals surface area contributed by atoms with Crippen LogP contribution in [-0.4, -0.2) is 31.2 Å². The Morgan fingerprint density at radius 3 is 2.96 bits per heavy atom. The Kier molecular flexibility index (Phi) is 4.81. The SMILES string of the molecule is CCc1nc2cc(C)ccn2c1C(=O)NCc1ccn(C2=CCC(F)C=C2)n1. The summed E-state index contributed by atoms with van der Waals surface area (Å²) in [6.45, 7) is 4.29. The van der Waals surface area contributed by atoms with Gasteiger partial charge in [0.25, 0.3) is 5.91 Å². The minimum absolute atomic E-state index is 0.181. The molecule has 6 nitrogen and oxygen atoms in total. The molecule has 3 aromatic heterocycles. The Bertz CT molecular complexity index is 1090. The molecule has 0 saturated heterocycles. The average molecular weight is 379 g/mol. The van der Waals surface area contributed by atoms with Gasteiger partial charge in [-0.1, -0.05) is 13.0 Å². The summed E-state index contributed by atoms with van der Waals surface area (Å²) in [6, 6.07) is 5.76. The number of carbonyl (C=O) groups excluding carboxylic acids is 1. The first-order chi connectivity index (χ1) is 13.5. The zero-order valence-corrected chi connectivity index (χ0v) is 15.9. The molecule has 1 unspecified atom stereocenters. The molecule has 0 saturated carbocycles. The van der Waals surface area contributed by atoms with E-state index in [2.05, 4.69) is 15.4 Å². The highest BCUT2D eigenvalue weighted by Crippen LogP contribution is 2.17. The molecule has 144 valence electrons. The van der Waals surface area contributed by atoms with Crippen LogP contribution in [0.25, 0.3) is 11.3 Å². The normalized spacial score (nSPS) is 16.4. The van der Waals surface area contributed by atoms with Gasteiger partial charge in [-0.3, -0.25) is 9.20 Å². The Morgan fingerprint density at radius 2 is 2.21 bits per heavy atom. The average Bonchev–Trinajstić information content (AvgIpc) is 3.30. The lowest BCUT2D eigenvalue weighted by Crippen LogP contribution is -2.25. The molecule has 0 spiro atoms. The van der Waals surface area contributed by atoms with Gasteiger partial charge in [-0.2, -0.15) is 5.10 Å². The van der Waals surface area contributed by atoms with Crippen LogP contribution in [0.4, 0.5) is 4.39 Å². The number of nitrogens with zero attached hydrogens (tertiary/aromatic N) is 4. The number of aryl methyl sites for hydroxylation is 2. The van der Waals surface area contributed by atoms with Gasteiger partial charge in [0.15, 0.2) is 0 Å². The van der Waals surface area contributed by atoms with E-state index >= 15 is 0 Å². The summed E-state index contributed by atoms with van der Waals surface area (Å²) in [6.07, 6.45) is 8.84. The second-order valence-corrected chi connectivity index (χ2v) is 6.87. The fraction of sp³-hybridized carbons (Fsp3) is 0.286. The van der Waals surface area contributed by atoms with Gasteiger partial charge in [-0.25, -0.2) is 14.1 Å². The molecular weight excluding hydrogens is 357 g/mol. The highest BCUT2D eigenvalue weighted by molar-refractivity contribution is 5.94. The fourth-order valence-corrected chi connectivity index (χ4v) is 3.29. The molecule has 7 heteroatoms. The largest absolute Gasteiger partial charge is 0.345 e. The summed E-state index contributed by atoms with van der Waals surface area (Å²) in [5.41, 5.74) is 4.76. The molecular formula is C21H22FN5O. The van der Waals surface area contributed by atoms with Gasteiger partial charge in [0.05, 0.1) is 23.6 Å².